The van der Waals surface area contributed by atoms with Gasteiger partial charge in [0.05, 0.1) is 35.9 Å². The maximum absolute atomic E-state index is 12.7. The molecule has 3 atom stereocenters. The monoisotopic (exact) mass is 547 g/mol. The van der Waals surface area contributed by atoms with Crippen molar-refractivity contribution in [1.29, 1.82) is 0 Å². The number of fused-ring (bicyclic) bond motifs is 2. The van der Waals surface area contributed by atoms with Crippen LogP contribution in [0.1, 0.15) is 28.7 Å². The highest BCUT2D eigenvalue weighted by atomic mass is 35.5. The Morgan fingerprint density at radius 3 is 2.87 bits per heavy atom. The molecule has 7 nitrogen and oxygen atoms in total. The second-order valence-corrected chi connectivity index (χ2v) is 11.2. The number of carbonyl (C=O) groups excluding carboxylic acids is 1. The van der Waals surface area contributed by atoms with Crippen LogP contribution in [0, 0.1) is 18.3 Å². The lowest BCUT2D eigenvalue weighted by atomic mass is 9.94. The fraction of sp³-hybridized carbons (Fsp3) is 0.419. The van der Waals surface area contributed by atoms with Gasteiger partial charge in [-0.25, -0.2) is 4.98 Å². The van der Waals surface area contributed by atoms with Crippen molar-refractivity contribution >= 4 is 23.4 Å². The molecule has 1 aliphatic carbocycles. The van der Waals surface area contributed by atoms with Crippen LogP contribution in [0.5, 0.6) is 5.75 Å². The minimum Gasteiger partial charge on any atom is -0.487 e. The maximum Gasteiger partial charge on any atom is 0.314 e. The lowest BCUT2D eigenvalue weighted by Crippen LogP contribution is -2.44. The number of nitrogens with zero attached hydrogens (tertiary/aromatic N) is 2. The third-order valence-electron chi connectivity index (χ3n) is 8.58. The van der Waals surface area contributed by atoms with Crippen molar-refractivity contribution in [1.82, 2.24) is 10.3 Å². The third kappa shape index (κ3) is 4.56. The summed E-state index contributed by atoms with van der Waals surface area (Å²) in [5.41, 5.74) is 6.28. The number of nitrogens with one attached hydrogen (secondary N) is 1. The number of para-hydroxylation sites is 1. The molecular formula is C31H34ClN3O4. The van der Waals surface area contributed by atoms with Gasteiger partial charge < -0.3 is 24.4 Å². The van der Waals surface area contributed by atoms with E-state index in [0.717, 1.165) is 55.1 Å². The van der Waals surface area contributed by atoms with E-state index in [-0.39, 0.29) is 17.9 Å². The van der Waals surface area contributed by atoms with Gasteiger partial charge in [0.2, 0.25) is 0 Å². The van der Waals surface area contributed by atoms with Crippen LogP contribution in [0.4, 0.5) is 5.82 Å². The zero-order valence-corrected chi connectivity index (χ0v) is 23.4. The van der Waals surface area contributed by atoms with Crippen LogP contribution in [0.15, 0.2) is 48.5 Å². The molecule has 3 aliphatic rings. The third-order valence-corrected chi connectivity index (χ3v) is 8.88. The fourth-order valence-corrected chi connectivity index (χ4v) is 6.79. The number of aryl methyl sites for hydroxylation is 1. The number of methoxy groups -OCH3 is 2. The summed E-state index contributed by atoms with van der Waals surface area (Å²) in [6, 6.07) is 16.0. The Morgan fingerprint density at radius 1 is 1.21 bits per heavy atom. The van der Waals surface area contributed by atoms with Gasteiger partial charge >= 0.3 is 5.97 Å². The van der Waals surface area contributed by atoms with E-state index < -0.39 is 5.41 Å². The van der Waals surface area contributed by atoms with Gasteiger partial charge in [-0.15, -0.1) is 0 Å². The van der Waals surface area contributed by atoms with Gasteiger partial charge in [-0.05, 0) is 78.7 Å². The summed E-state index contributed by atoms with van der Waals surface area (Å²) in [6.07, 6.45) is 1.85. The first-order valence-corrected chi connectivity index (χ1v) is 13.9. The van der Waals surface area contributed by atoms with Crippen LogP contribution in [-0.4, -0.2) is 50.9 Å². The molecule has 8 heteroatoms. The van der Waals surface area contributed by atoms with E-state index in [4.69, 9.17) is 30.8 Å². The Morgan fingerprint density at radius 2 is 2.05 bits per heavy atom. The quantitative estimate of drug-likeness (QED) is 0.400. The van der Waals surface area contributed by atoms with Gasteiger partial charge in [-0.1, -0.05) is 35.9 Å². The first-order chi connectivity index (χ1) is 19.0. The molecule has 0 radical (unpaired) electrons. The van der Waals surface area contributed by atoms with Crippen molar-refractivity contribution in [2.24, 2.45) is 11.3 Å². The predicted octanol–water partition coefficient (Wildman–Crippen LogP) is 4.95. The van der Waals surface area contributed by atoms with Crippen LogP contribution in [0.3, 0.4) is 0 Å². The predicted molar refractivity (Wildman–Crippen MR) is 151 cm³/mol. The lowest BCUT2D eigenvalue weighted by Gasteiger charge is -2.31. The molecule has 39 heavy (non-hydrogen) atoms. The van der Waals surface area contributed by atoms with Crippen molar-refractivity contribution in [3.63, 3.8) is 0 Å². The highest BCUT2D eigenvalue weighted by molar-refractivity contribution is 6.32. The normalized spacial score (nSPS) is 23.2. The molecule has 3 aromatic rings. The number of piperidine rings is 1. The summed E-state index contributed by atoms with van der Waals surface area (Å²) in [6.45, 7) is 5.67. The SMILES string of the molecule is COC[C@H]1N(c2cccc(-c3cccc(Cl)c3OCc3cc(C)c4c(c3)CCNC4)n2)CC2C[C@@]21C(=O)OC. The number of benzene rings is 2. The van der Waals surface area contributed by atoms with Crippen molar-refractivity contribution in [3.8, 4) is 17.0 Å². The molecule has 1 unspecified atom stereocenters. The molecule has 1 saturated carbocycles. The van der Waals surface area contributed by atoms with Crippen molar-refractivity contribution in [2.75, 3.05) is 38.8 Å². The largest absolute Gasteiger partial charge is 0.487 e. The molecule has 2 aromatic carbocycles. The van der Waals surface area contributed by atoms with Crippen LogP contribution in [0.25, 0.3) is 11.3 Å². The van der Waals surface area contributed by atoms with E-state index in [9.17, 15) is 4.79 Å². The first kappa shape index (κ1) is 26.1. The zero-order valence-electron chi connectivity index (χ0n) is 22.6. The van der Waals surface area contributed by atoms with E-state index >= 15 is 0 Å². The molecule has 6 rings (SSSR count). The first-order valence-electron chi connectivity index (χ1n) is 13.5. The average Bonchev–Trinajstić information content (AvgIpc) is 3.60. The minimum atomic E-state index is -0.518. The second-order valence-electron chi connectivity index (χ2n) is 10.8. The van der Waals surface area contributed by atoms with E-state index in [1.54, 1.807) is 7.11 Å². The highest BCUT2D eigenvalue weighted by Gasteiger charge is 2.71. The maximum atomic E-state index is 12.7. The molecule has 0 amide bonds. The number of rotatable bonds is 8. The van der Waals surface area contributed by atoms with Crippen molar-refractivity contribution in [2.45, 2.75) is 39.0 Å². The Kier molecular flexibility index (Phi) is 7.00. The van der Waals surface area contributed by atoms with Gasteiger partial charge in [0, 0.05) is 25.8 Å². The molecular weight excluding hydrogens is 514 g/mol. The minimum absolute atomic E-state index is 0.125. The Labute approximate surface area is 234 Å². The zero-order chi connectivity index (χ0) is 27.1. The molecule has 2 fully saturated rings. The second kappa shape index (κ2) is 10.5. The van der Waals surface area contributed by atoms with Crippen LogP contribution < -0.4 is 15.0 Å². The fourth-order valence-electron chi connectivity index (χ4n) is 6.57. The van der Waals surface area contributed by atoms with Crippen LogP contribution >= 0.6 is 11.6 Å². The number of carbonyl (C=O) groups is 1. The van der Waals surface area contributed by atoms with E-state index in [2.05, 4.69) is 29.3 Å². The van der Waals surface area contributed by atoms with Gasteiger partial charge in [0.1, 0.15) is 18.2 Å². The van der Waals surface area contributed by atoms with Crippen LogP contribution in [-0.2, 0) is 33.8 Å². The van der Waals surface area contributed by atoms with Gasteiger partial charge in [0.25, 0.3) is 0 Å². The molecule has 3 heterocycles. The molecule has 1 saturated heterocycles. The summed E-state index contributed by atoms with van der Waals surface area (Å²) >= 11 is 6.68. The van der Waals surface area contributed by atoms with Crippen molar-refractivity contribution in [3.05, 3.63) is 75.8 Å². The Hall–Kier alpha value is -3.13. The summed E-state index contributed by atoms with van der Waals surface area (Å²) < 4.78 is 17.1. The molecule has 204 valence electrons. The summed E-state index contributed by atoms with van der Waals surface area (Å²) in [5.74, 6) is 1.50. The molecule has 0 bridgehead atoms. The number of anilines is 1. The molecule has 0 spiro atoms. The van der Waals surface area contributed by atoms with E-state index in [1.165, 1.54) is 23.8 Å². The molecule has 2 aliphatic heterocycles. The number of esters is 1. The summed E-state index contributed by atoms with van der Waals surface area (Å²) in [4.78, 5) is 20.0. The Bertz CT molecular complexity index is 1410. The number of hydrogen-bond acceptors (Lipinski definition) is 7. The highest BCUT2D eigenvalue weighted by Crippen LogP contribution is 2.62. The van der Waals surface area contributed by atoms with Gasteiger partial charge in [0.15, 0.2) is 0 Å². The number of pyridine rings is 1. The lowest BCUT2D eigenvalue weighted by molar-refractivity contribution is -0.148. The molecule has 1 N–H and O–H groups in total. The van der Waals surface area contributed by atoms with E-state index in [1.807, 2.05) is 36.4 Å². The topological polar surface area (TPSA) is 72.9 Å². The average molecular weight is 548 g/mol. The van der Waals surface area contributed by atoms with Crippen molar-refractivity contribution < 1.29 is 19.0 Å². The van der Waals surface area contributed by atoms with E-state index in [0.29, 0.717) is 24.0 Å². The number of ether oxygens (including phenoxy) is 3. The summed E-state index contributed by atoms with van der Waals surface area (Å²) in [7, 11) is 3.13. The standard InChI is InChI=1S/C31H34ClN3O4/c1-19-12-20(13-21-10-11-33-15-24(19)21)17-39-29-23(6-4-7-25(29)32)26-8-5-9-28(34-26)35-16-22-14-31(22,30(36)38-3)27(35)18-37-2/h4-9,12-13,22,27,33H,10-11,14-18H2,1-3H3/t22?,27-,31-/m1/s1. The van der Waals surface area contributed by atoms with Gasteiger partial charge in [-0.2, -0.15) is 0 Å². The van der Waals surface area contributed by atoms with Gasteiger partial charge in [-0.3, -0.25) is 4.79 Å². The Balaban J connectivity index is 1.28. The number of aromatic nitrogens is 1. The number of hydrogen-bond donors (Lipinski definition) is 1. The number of halogens is 1. The smallest absolute Gasteiger partial charge is 0.314 e. The molecule has 1 aromatic heterocycles. The summed E-state index contributed by atoms with van der Waals surface area (Å²) in [5, 5.41) is 4.00. The van der Waals surface area contributed by atoms with Crippen LogP contribution in [0.2, 0.25) is 5.02 Å².